The predicted octanol–water partition coefficient (Wildman–Crippen LogP) is 1.88. The van der Waals surface area contributed by atoms with Gasteiger partial charge in [-0.25, -0.2) is 13.2 Å². The molecule has 3 heterocycles. The van der Waals surface area contributed by atoms with Crippen LogP contribution in [-0.2, 0) is 21.2 Å². The molecule has 2 unspecified atom stereocenters. The van der Waals surface area contributed by atoms with Gasteiger partial charge in [-0.3, -0.25) is 4.90 Å². The molecule has 0 spiro atoms. The smallest absolute Gasteiger partial charge is 0.373 e. The number of hydrogen-bond donors (Lipinski definition) is 0. The molecule has 8 heteroatoms. The molecule has 0 N–H and O–H groups in total. The van der Waals surface area contributed by atoms with Gasteiger partial charge in [-0.05, 0) is 25.8 Å². The van der Waals surface area contributed by atoms with Gasteiger partial charge in [0.1, 0.15) is 10.7 Å². The number of piperazine rings is 1. The van der Waals surface area contributed by atoms with Crippen LogP contribution in [0.15, 0.2) is 15.4 Å². The third-order valence-electron chi connectivity index (χ3n) is 5.28. The van der Waals surface area contributed by atoms with Crippen molar-refractivity contribution in [1.29, 1.82) is 0 Å². The maximum Gasteiger partial charge on any atom is 0.373 e. The average Bonchev–Trinajstić information content (AvgIpc) is 3.25. The fourth-order valence-corrected chi connectivity index (χ4v) is 5.85. The molecule has 0 aromatic carbocycles. The first-order chi connectivity index (χ1) is 11.9. The third-order valence-corrected chi connectivity index (χ3v) is 7.24. The number of carbonyl (C=O) groups is 1. The number of hydrogen-bond acceptors (Lipinski definition) is 6. The van der Waals surface area contributed by atoms with E-state index in [2.05, 4.69) is 9.64 Å². The number of methoxy groups -OCH3 is 1. The number of fused-ring (bicyclic) bond motifs is 1. The van der Waals surface area contributed by atoms with Crippen molar-refractivity contribution < 1.29 is 22.4 Å². The minimum atomic E-state index is -3.72. The van der Waals surface area contributed by atoms with Crippen LogP contribution in [0.25, 0.3) is 0 Å². The second kappa shape index (κ2) is 7.09. The van der Waals surface area contributed by atoms with Crippen molar-refractivity contribution in [2.75, 3.05) is 26.7 Å². The van der Waals surface area contributed by atoms with E-state index in [0.717, 1.165) is 32.4 Å². The summed E-state index contributed by atoms with van der Waals surface area (Å²) in [5.74, 6) is -0.418. The number of esters is 1. The van der Waals surface area contributed by atoms with Gasteiger partial charge >= 0.3 is 5.97 Å². The van der Waals surface area contributed by atoms with E-state index in [-0.39, 0.29) is 22.7 Å². The Morgan fingerprint density at radius 3 is 2.76 bits per heavy atom. The molecule has 2 saturated heterocycles. The highest BCUT2D eigenvalue weighted by atomic mass is 32.2. The zero-order chi connectivity index (χ0) is 18.2. The Kier molecular flexibility index (Phi) is 5.22. The van der Waals surface area contributed by atoms with E-state index in [9.17, 15) is 13.2 Å². The largest absolute Gasteiger partial charge is 0.463 e. The van der Waals surface area contributed by atoms with Crippen molar-refractivity contribution in [3.8, 4) is 0 Å². The Bertz CT molecular complexity index is 742. The number of nitrogens with zero attached hydrogens (tertiary/aromatic N) is 2. The van der Waals surface area contributed by atoms with E-state index in [1.165, 1.54) is 13.2 Å². The van der Waals surface area contributed by atoms with Crippen LogP contribution in [0.1, 0.15) is 49.4 Å². The fraction of sp³-hybridized carbons (Fsp3) is 0.706. The van der Waals surface area contributed by atoms with Crippen LogP contribution < -0.4 is 0 Å². The number of aryl methyl sites for hydroxylation is 1. The average molecular weight is 370 g/mol. The van der Waals surface area contributed by atoms with Gasteiger partial charge in [0.25, 0.3) is 0 Å². The van der Waals surface area contributed by atoms with Crippen LogP contribution in [0.4, 0.5) is 0 Å². The van der Waals surface area contributed by atoms with E-state index < -0.39 is 16.0 Å². The topological polar surface area (TPSA) is 80.1 Å². The highest BCUT2D eigenvalue weighted by Gasteiger charge is 2.42. The highest BCUT2D eigenvalue weighted by molar-refractivity contribution is 7.89. The third kappa shape index (κ3) is 3.22. The molecule has 0 saturated carbocycles. The monoisotopic (exact) mass is 370 g/mol. The number of furan rings is 1. The van der Waals surface area contributed by atoms with Gasteiger partial charge in [0.2, 0.25) is 15.8 Å². The van der Waals surface area contributed by atoms with Gasteiger partial charge in [-0.15, -0.1) is 0 Å². The molecule has 0 aliphatic carbocycles. The Morgan fingerprint density at radius 1 is 1.36 bits per heavy atom. The van der Waals surface area contributed by atoms with Gasteiger partial charge < -0.3 is 9.15 Å². The summed E-state index contributed by atoms with van der Waals surface area (Å²) in [4.78, 5) is 14.2. The molecule has 2 atom stereocenters. The summed E-state index contributed by atoms with van der Waals surface area (Å²) in [6.07, 6.45) is 3.30. The summed E-state index contributed by atoms with van der Waals surface area (Å²) in [5.41, 5.74) is 0. The van der Waals surface area contributed by atoms with Crippen molar-refractivity contribution in [1.82, 2.24) is 9.21 Å². The predicted molar refractivity (Wildman–Crippen MR) is 92.0 cm³/mol. The van der Waals surface area contributed by atoms with Crippen molar-refractivity contribution in [2.24, 2.45) is 0 Å². The molecule has 1 aromatic rings. The number of carbonyl (C=O) groups excluding carboxylic acids is 1. The maximum absolute atomic E-state index is 13.3. The van der Waals surface area contributed by atoms with Gasteiger partial charge in [-0.2, -0.15) is 4.31 Å². The van der Waals surface area contributed by atoms with Crippen LogP contribution in [0.5, 0.6) is 0 Å². The summed E-state index contributed by atoms with van der Waals surface area (Å²) < 4.78 is 38.4. The van der Waals surface area contributed by atoms with Gasteiger partial charge in [0.15, 0.2) is 0 Å². The first-order valence-electron chi connectivity index (χ1n) is 8.89. The zero-order valence-corrected chi connectivity index (χ0v) is 15.8. The molecule has 3 rings (SSSR count). The molecule has 140 valence electrons. The summed E-state index contributed by atoms with van der Waals surface area (Å²) in [6, 6.07) is 1.54. The molecular weight excluding hydrogens is 344 g/mol. The number of ether oxygens (including phenoxy) is 1. The Balaban J connectivity index is 1.97. The normalized spacial score (nSPS) is 25.1. The number of rotatable bonds is 5. The first-order valence-corrected chi connectivity index (χ1v) is 10.3. The Hall–Kier alpha value is -1.38. The van der Waals surface area contributed by atoms with Crippen LogP contribution in [0.3, 0.4) is 0 Å². The highest BCUT2D eigenvalue weighted by Crippen LogP contribution is 2.32. The number of sulfonamides is 1. The summed E-state index contributed by atoms with van der Waals surface area (Å²) in [6.45, 7) is 6.14. The maximum atomic E-state index is 13.3. The summed E-state index contributed by atoms with van der Waals surface area (Å²) >= 11 is 0. The summed E-state index contributed by atoms with van der Waals surface area (Å²) in [5, 5.41) is 0. The second-order valence-electron chi connectivity index (χ2n) is 6.67. The molecular formula is C17H26N2O5S. The lowest BCUT2D eigenvalue weighted by Crippen LogP contribution is -2.57. The molecule has 1 aromatic heterocycles. The van der Waals surface area contributed by atoms with E-state index in [4.69, 9.17) is 4.42 Å². The molecule has 0 bridgehead atoms. The van der Waals surface area contributed by atoms with Crippen molar-refractivity contribution in [2.45, 2.75) is 56.5 Å². The lowest BCUT2D eigenvalue weighted by molar-refractivity contribution is 0.0563. The molecule has 0 radical (unpaired) electrons. The fourth-order valence-electron chi connectivity index (χ4n) is 3.89. The van der Waals surface area contributed by atoms with Gasteiger partial charge in [-0.1, -0.05) is 13.8 Å². The van der Waals surface area contributed by atoms with Crippen LogP contribution >= 0.6 is 0 Å². The standard InChI is InChI=1S/C17H26N2O5S/c1-4-12-10-18-8-6-7-13(18)11-19(12)25(21,22)16-9-15(17(20)23-3)24-14(16)5-2/h9,12-13H,4-8,10-11H2,1-3H3. The zero-order valence-electron chi connectivity index (χ0n) is 15.0. The quantitative estimate of drug-likeness (QED) is 0.736. The van der Waals surface area contributed by atoms with Crippen LogP contribution in [0.2, 0.25) is 0 Å². The van der Waals surface area contributed by atoms with Crippen LogP contribution in [0, 0.1) is 0 Å². The van der Waals surface area contributed by atoms with Crippen LogP contribution in [-0.4, -0.2) is 62.4 Å². The van der Waals surface area contributed by atoms with Gasteiger partial charge in [0.05, 0.1) is 7.11 Å². The molecule has 2 aliphatic rings. The summed E-state index contributed by atoms with van der Waals surface area (Å²) in [7, 11) is -2.47. The van der Waals surface area contributed by atoms with Gasteiger partial charge in [0, 0.05) is 37.7 Å². The minimum absolute atomic E-state index is 0.0551. The minimum Gasteiger partial charge on any atom is -0.463 e. The van der Waals surface area contributed by atoms with E-state index in [1.54, 1.807) is 4.31 Å². The molecule has 2 fully saturated rings. The van der Waals surface area contributed by atoms with E-state index >= 15 is 0 Å². The lowest BCUT2D eigenvalue weighted by atomic mass is 10.1. The van der Waals surface area contributed by atoms with Crippen molar-refractivity contribution >= 4 is 16.0 Å². The molecule has 2 aliphatic heterocycles. The Labute approximate surface area is 149 Å². The molecule has 7 nitrogen and oxygen atoms in total. The molecule has 25 heavy (non-hydrogen) atoms. The van der Waals surface area contributed by atoms with E-state index in [1.807, 2.05) is 13.8 Å². The first kappa shape index (κ1) is 18.4. The van der Waals surface area contributed by atoms with Crippen molar-refractivity contribution in [3.05, 3.63) is 17.6 Å². The van der Waals surface area contributed by atoms with E-state index in [0.29, 0.717) is 18.7 Å². The van der Waals surface area contributed by atoms with Crippen molar-refractivity contribution in [3.63, 3.8) is 0 Å². The SMILES string of the molecule is CCc1oc(C(=O)OC)cc1S(=O)(=O)N1CC2CCCN2CC1CC. The Morgan fingerprint density at radius 2 is 2.12 bits per heavy atom. The molecule has 0 amide bonds. The second-order valence-corrected chi connectivity index (χ2v) is 8.53. The lowest BCUT2D eigenvalue weighted by Gasteiger charge is -2.42.